The predicted molar refractivity (Wildman–Crippen MR) is 58.9 cm³/mol. The fraction of sp³-hybridized carbons (Fsp3) is 0.500. The smallest absolute Gasteiger partial charge is 0.204 e. The zero-order chi connectivity index (χ0) is 11.0. The van der Waals surface area contributed by atoms with Crippen molar-refractivity contribution in [3.63, 3.8) is 0 Å². The maximum absolute atomic E-state index is 12.0. The van der Waals surface area contributed by atoms with E-state index >= 15 is 0 Å². The van der Waals surface area contributed by atoms with Crippen LogP contribution in [-0.2, 0) is 7.05 Å². The monoisotopic (exact) mass is 204 g/mol. The first-order valence-electron chi connectivity index (χ1n) is 5.30. The summed E-state index contributed by atoms with van der Waals surface area (Å²) in [6.45, 7) is 3.87. The molecule has 1 saturated carbocycles. The Labute approximate surface area is 89.8 Å². The standard InChI is InChI=1S/C12H16N2O/c1-8(2)6-11(15)12-10(9-4-5-9)7-13-14(12)3/h6-7,9H,4-5H2,1-3H3. The zero-order valence-electron chi connectivity index (χ0n) is 9.45. The SMILES string of the molecule is CC(C)=CC(=O)c1c(C2CC2)cnn1C. The molecule has 3 heteroatoms. The second-order valence-electron chi connectivity index (χ2n) is 4.43. The number of allylic oxidation sites excluding steroid dienone is 2. The molecule has 0 amide bonds. The first-order chi connectivity index (χ1) is 7.09. The van der Waals surface area contributed by atoms with Gasteiger partial charge in [-0.2, -0.15) is 5.10 Å². The Balaban J connectivity index is 2.37. The van der Waals surface area contributed by atoms with Crippen molar-refractivity contribution in [2.45, 2.75) is 32.6 Å². The van der Waals surface area contributed by atoms with Gasteiger partial charge < -0.3 is 0 Å². The van der Waals surface area contributed by atoms with Crippen molar-refractivity contribution in [3.8, 4) is 0 Å². The molecule has 0 bridgehead atoms. The minimum Gasteiger partial charge on any atom is -0.288 e. The Bertz CT molecular complexity index is 421. The predicted octanol–water partition coefficient (Wildman–Crippen LogP) is 2.45. The highest BCUT2D eigenvalue weighted by atomic mass is 16.1. The van der Waals surface area contributed by atoms with Crippen LogP contribution in [0, 0.1) is 0 Å². The van der Waals surface area contributed by atoms with Gasteiger partial charge in [0.1, 0.15) is 5.69 Å². The van der Waals surface area contributed by atoms with Gasteiger partial charge in [0.05, 0.1) is 6.20 Å². The molecule has 3 nitrogen and oxygen atoms in total. The summed E-state index contributed by atoms with van der Waals surface area (Å²) in [5.74, 6) is 0.653. The molecule has 0 aromatic carbocycles. The van der Waals surface area contributed by atoms with Crippen molar-refractivity contribution < 1.29 is 4.79 Å². The van der Waals surface area contributed by atoms with Crippen molar-refractivity contribution in [1.82, 2.24) is 9.78 Å². The molecule has 0 radical (unpaired) electrons. The van der Waals surface area contributed by atoms with E-state index in [1.54, 1.807) is 10.8 Å². The van der Waals surface area contributed by atoms with E-state index in [1.807, 2.05) is 27.1 Å². The molecule has 1 heterocycles. The van der Waals surface area contributed by atoms with E-state index in [0.717, 1.165) is 16.8 Å². The van der Waals surface area contributed by atoms with Gasteiger partial charge in [-0.3, -0.25) is 9.48 Å². The first-order valence-corrected chi connectivity index (χ1v) is 5.30. The quantitative estimate of drug-likeness (QED) is 0.560. The lowest BCUT2D eigenvalue weighted by Gasteiger charge is -2.01. The van der Waals surface area contributed by atoms with Crippen LogP contribution in [-0.4, -0.2) is 15.6 Å². The van der Waals surface area contributed by atoms with Crippen LogP contribution in [0.4, 0.5) is 0 Å². The molecule has 1 fully saturated rings. The average Bonchev–Trinajstić information content (AvgIpc) is 2.89. The van der Waals surface area contributed by atoms with Crippen LogP contribution in [0.25, 0.3) is 0 Å². The summed E-state index contributed by atoms with van der Waals surface area (Å²) < 4.78 is 1.69. The molecule has 15 heavy (non-hydrogen) atoms. The summed E-state index contributed by atoms with van der Waals surface area (Å²) in [7, 11) is 1.83. The number of rotatable bonds is 3. The minimum atomic E-state index is 0.0805. The molecule has 0 saturated heterocycles. The molecule has 1 aliphatic rings. The maximum atomic E-state index is 12.0. The number of hydrogen-bond donors (Lipinski definition) is 0. The molecule has 1 aliphatic carbocycles. The van der Waals surface area contributed by atoms with Gasteiger partial charge in [0.15, 0.2) is 0 Å². The number of ketones is 1. The number of aromatic nitrogens is 2. The van der Waals surface area contributed by atoms with Gasteiger partial charge in [0, 0.05) is 12.6 Å². The van der Waals surface area contributed by atoms with E-state index in [9.17, 15) is 4.79 Å². The number of carbonyl (C=O) groups excluding carboxylic acids is 1. The molecule has 0 aliphatic heterocycles. The molecule has 0 unspecified atom stereocenters. The van der Waals surface area contributed by atoms with Gasteiger partial charge in [0.2, 0.25) is 5.78 Å². The van der Waals surface area contributed by atoms with Gasteiger partial charge in [-0.25, -0.2) is 0 Å². The third-order valence-corrected chi connectivity index (χ3v) is 2.64. The van der Waals surface area contributed by atoms with Gasteiger partial charge in [0.25, 0.3) is 0 Å². The topological polar surface area (TPSA) is 34.9 Å². The number of carbonyl (C=O) groups is 1. The van der Waals surface area contributed by atoms with Crippen molar-refractivity contribution in [3.05, 3.63) is 29.1 Å². The van der Waals surface area contributed by atoms with E-state index in [2.05, 4.69) is 5.10 Å². The van der Waals surface area contributed by atoms with Crippen molar-refractivity contribution in [1.29, 1.82) is 0 Å². The second kappa shape index (κ2) is 3.65. The van der Waals surface area contributed by atoms with Gasteiger partial charge in [-0.15, -0.1) is 0 Å². The minimum absolute atomic E-state index is 0.0805. The number of aryl methyl sites for hydroxylation is 1. The first kappa shape index (κ1) is 10.1. The Morgan fingerprint density at radius 2 is 2.20 bits per heavy atom. The Kier molecular flexibility index (Phi) is 2.47. The molecule has 1 aromatic heterocycles. The van der Waals surface area contributed by atoms with E-state index in [1.165, 1.54) is 12.8 Å². The Morgan fingerprint density at radius 3 is 2.73 bits per heavy atom. The third kappa shape index (κ3) is 2.01. The van der Waals surface area contributed by atoms with Crippen LogP contribution in [0.5, 0.6) is 0 Å². The zero-order valence-corrected chi connectivity index (χ0v) is 9.45. The van der Waals surface area contributed by atoms with Crippen LogP contribution in [0.3, 0.4) is 0 Å². The molecular weight excluding hydrogens is 188 g/mol. The summed E-state index contributed by atoms with van der Waals surface area (Å²) in [4.78, 5) is 12.0. The van der Waals surface area contributed by atoms with Crippen molar-refractivity contribution in [2.75, 3.05) is 0 Å². The molecule has 0 spiro atoms. The summed E-state index contributed by atoms with van der Waals surface area (Å²) in [5.41, 5.74) is 2.92. The normalized spacial score (nSPS) is 15.1. The van der Waals surface area contributed by atoms with Crippen molar-refractivity contribution in [2.24, 2.45) is 7.05 Å². The molecular formula is C12H16N2O. The van der Waals surface area contributed by atoms with Gasteiger partial charge in [-0.05, 0) is 38.7 Å². The molecule has 0 atom stereocenters. The van der Waals surface area contributed by atoms with Crippen LogP contribution >= 0.6 is 0 Å². The highest BCUT2D eigenvalue weighted by Gasteiger charge is 2.30. The number of nitrogens with zero attached hydrogens (tertiary/aromatic N) is 2. The highest BCUT2D eigenvalue weighted by Crippen LogP contribution is 2.41. The van der Waals surface area contributed by atoms with Crippen molar-refractivity contribution >= 4 is 5.78 Å². The molecule has 80 valence electrons. The highest BCUT2D eigenvalue weighted by molar-refractivity contribution is 6.04. The lowest BCUT2D eigenvalue weighted by Crippen LogP contribution is -2.07. The van der Waals surface area contributed by atoms with E-state index < -0.39 is 0 Å². The summed E-state index contributed by atoms with van der Waals surface area (Å²) in [6, 6.07) is 0. The largest absolute Gasteiger partial charge is 0.288 e. The molecule has 0 N–H and O–H groups in total. The van der Waals surface area contributed by atoms with Crippen LogP contribution in [0.15, 0.2) is 17.8 Å². The van der Waals surface area contributed by atoms with Crippen LogP contribution < -0.4 is 0 Å². The number of hydrogen-bond acceptors (Lipinski definition) is 2. The van der Waals surface area contributed by atoms with Gasteiger partial charge in [-0.1, -0.05) is 5.57 Å². The summed E-state index contributed by atoms with van der Waals surface area (Å²) in [6.07, 6.45) is 5.91. The lowest BCUT2D eigenvalue weighted by atomic mass is 10.1. The maximum Gasteiger partial charge on any atom is 0.204 e. The van der Waals surface area contributed by atoms with Gasteiger partial charge >= 0.3 is 0 Å². The second-order valence-corrected chi connectivity index (χ2v) is 4.43. The van der Waals surface area contributed by atoms with E-state index in [0.29, 0.717) is 5.92 Å². The van der Waals surface area contributed by atoms with E-state index in [4.69, 9.17) is 0 Å². The third-order valence-electron chi connectivity index (χ3n) is 2.64. The molecule has 2 rings (SSSR count). The van der Waals surface area contributed by atoms with E-state index in [-0.39, 0.29) is 5.78 Å². The fourth-order valence-electron chi connectivity index (χ4n) is 1.78. The Hall–Kier alpha value is -1.38. The van der Waals surface area contributed by atoms with Crippen LogP contribution in [0.1, 0.15) is 48.7 Å². The van der Waals surface area contributed by atoms with Crippen LogP contribution in [0.2, 0.25) is 0 Å². The Morgan fingerprint density at radius 1 is 1.53 bits per heavy atom. The fourth-order valence-corrected chi connectivity index (χ4v) is 1.78. The summed E-state index contributed by atoms with van der Waals surface area (Å²) >= 11 is 0. The molecule has 1 aromatic rings. The summed E-state index contributed by atoms with van der Waals surface area (Å²) in [5, 5.41) is 4.17. The average molecular weight is 204 g/mol. The lowest BCUT2D eigenvalue weighted by molar-refractivity contribution is 0.103.